The highest BCUT2D eigenvalue weighted by Gasteiger charge is 2.31. The van der Waals surface area contributed by atoms with Gasteiger partial charge in [0.25, 0.3) is 0 Å². The third-order valence-electron chi connectivity index (χ3n) is 6.35. The number of sulfone groups is 1. The number of carbonyl (C=O) groups excluding carboxylic acids is 1. The zero-order chi connectivity index (χ0) is 17.7. The molecule has 6 heteroatoms. The molecular formula is C19H34N2O3S. The molecule has 0 aromatic rings. The van der Waals surface area contributed by atoms with Crippen LogP contribution in [0.4, 0.5) is 0 Å². The summed E-state index contributed by atoms with van der Waals surface area (Å²) in [6, 6.07) is 0.886. The topological polar surface area (TPSA) is 66.5 Å². The highest BCUT2D eigenvalue weighted by atomic mass is 32.2. The van der Waals surface area contributed by atoms with Gasteiger partial charge < -0.3 is 5.32 Å². The summed E-state index contributed by atoms with van der Waals surface area (Å²) in [5.41, 5.74) is 0. The van der Waals surface area contributed by atoms with Crippen LogP contribution in [-0.4, -0.2) is 55.4 Å². The van der Waals surface area contributed by atoms with Crippen LogP contribution in [0.3, 0.4) is 0 Å². The third-order valence-corrected chi connectivity index (χ3v) is 8.61. The van der Waals surface area contributed by atoms with Gasteiger partial charge >= 0.3 is 0 Å². The minimum atomic E-state index is -3.09. The molecular weight excluding hydrogens is 336 g/mol. The van der Waals surface area contributed by atoms with Crippen molar-refractivity contribution >= 4 is 15.7 Å². The highest BCUT2D eigenvalue weighted by molar-refractivity contribution is 7.92. The molecule has 0 bridgehead atoms. The first-order valence-corrected chi connectivity index (χ1v) is 12.0. The lowest BCUT2D eigenvalue weighted by Crippen LogP contribution is -2.40. The molecule has 1 N–H and O–H groups in total. The molecule has 5 nitrogen and oxygen atoms in total. The molecule has 1 saturated heterocycles. The molecule has 25 heavy (non-hydrogen) atoms. The molecule has 0 aromatic carbocycles. The Morgan fingerprint density at radius 3 is 2.24 bits per heavy atom. The maximum absolute atomic E-state index is 12.3. The zero-order valence-electron chi connectivity index (χ0n) is 15.4. The molecule has 2 saturated carbocycles. The number of rotatable bonds is 6. The van der Waals surface area contributed by atoms with Gasteiger partial charge in [0.05, 0.1) is 11.0 Å². The Morgan fingerprint density at radius 2 is 1.56 bits per heavy atom. The van der Waals surface area contributed by atoms with Crippen molar-refractivity contribution < 1.29 is 13.2 Å². The van der Waals surface area contributed by atoms with Gasteiger partial charge in [-0.2, -0.15) is 0 Å². The number of hydrogen-bond donors (Lipinski definition) is 1. The standard InChI is InChI=1S/C19H34N2O3S/c22-19(12-14-25(23,24)18-9-5-6-10-18)20-16-11-13-21(15-16)17-7-3-1-2-4-8-17/h16-18H,1-15H2,(H,20,22). The minimum Gasteiger partial charge on any atom is -0.352 e. The number of amides is 1. The van der Waals surface area contributed by atoms with Crippen LogP contribution in [0.5, 0.6) is 0 Å². The van der Waals surface area contributed by atoms with Gasteiger partial charge in [0, 0.05) is 31.6 Å². The van der Waals surface area contributed by atoms with Gasteiger partial charge in [-0.1, -0.05) is 38.5 Å². The van der Waals surface area contributed by atoms with E-state index in [1.54, 1.807) is 0 Å². The van der Waals surface area contributed by atoms with Gasteiger partial charge in [0.1, 0.15) is 0 Å². The van der Waals surface area contributed by atoms with Crippen LogP contribution in [0.15, 0.2) is 0 Å². The number of hydrogen-bond acceptors (Lipinski definition) is 4. The van der Waals surface area contributed by atoms with Crippen LogP contribution in [0.1, 0.15) is 77.0 Å². The van der Waals surface area contributed by atoms with Crippen LogP contribution in [-0.2, 0) is 14.6 Å². The quantitative estimate of drug-likeness (QED) is 0.730. The zero-order valence-corrected chi connectivity index (χ0v) is 16.2. The van der Waals surface area contributed by atoms with E-state index in [0.717, 1.165) is 45.2 Å². The van der Waals surface area contributed by atoms with E-state index < -0.39 is 9.84 Å². The second-order valence-corrected chi connectivity index (χ2v) is 10.6. The Morgan fingerprint density at radius 1 is 0.920 bits per heavy atom. The van der Waals surface area contributed by atoms with Crippen molar-refractivity contribution in [2.45, 2.75) is 94.4 Å². The maximum atomic E-state index is 12.3. The lowest BCUT2D eigenvalue weighted by Gasteiger charge is -2.26. The monoisotopic (exact) mass is 370 g/mol. The van der Waals surface area contributed by atoms with Gasteiger partial charge in [-0.15, -0.1) is 0 Å². The number of nitrogens with zero attached hydrogens (tertiary/aromatic N) is 1. The predicted molar refractivity (Wildman–Crippen MR) is 100 cm³/mol. The fourth-order valence-corrected chi connectivity index (χ4v) is 6.66. The van der Waals surface area contributed by atoms with Crippen molar-refractivity contribution in [2.24, 2.45) is 0 Å². The number of nitrogens with one attached hydrogen (secondary N) is 1. The molecule has 1 atom stereocenters. The van der Waals surface area contributed by atoms with Gasteiger partial charge in [0.2, 0.25) is 5.91 Å². The molecule has 1 aliphatic heterocycles. The average molecular weight is 371 g/mol. The van der Waals surface area contributed by atoms with Crippen molar-refractivity contribution in [3.63, 3.8) is 0 Å². The predicted octanol–water partition coefficient (Wildman–Crippen LogP) is 2.65. The SMILES string of the molecule is O=C(CCS(=O)(=O)C1CCCC1)NC1CCN(C2CCCCCC2)C1. The Labute approximate surface area is 152 Å². The van der Waals surface area contributed by atoms with E-state index in [1.165, 1.54) is 38.5 Å². The molecule has 2 aliphatic carbocycles. The van der Waals surface area contributed by atoms with E-state index in [4.69, 9.17) is 0 Å². The van der Waals surface area contributed by atoms with Crippen LogP contribution >= 0.6 is 0 Å². The molecule has 0 spiro atoms. The largest absolute Gasteiger partial charge is 0.352 e. The fourth-order valence-electron chi connectivity index (χ4n) is 4.81. The first-order valence-electron chi connectivity index (χ1n) is 10.3. The van der Waals surface area contributed by atoms with Crippen molar-refractivity contribution in [1.82, 2.24) is 10.2 Å². The lowest BCUT2D eigenvalue weighted by atomic mass is 10.1. The Hall–Kier alpha value is -0.620. The molecule has 0 radical (unpaired) electrons. The molecule has 144 valence electrons. The van der Waals surface area contributed by atoms with Crippen LogP contribution in [0, 0.1) is 0 Å². The summed E-state index contributed by atoms with van der Waals surface area (Å²) in [7, 11) is -3.09. The third kappa shape index (κ3) is 5.43. The van der Waals surface area contributed by atoms with Gasteiger partial charge in [-0.25, -0.2) is 8.42 Å². The summed E-state index contributed by atoms with van der Waals surface area (Å²) in [5.74, 6) is -0.0722. The van der Waals surface area contributed by atoms with Crippen molar-refractivity contribution in [1.29, 1.82) is 0 Å². The summed E-state index contributed by atoms with van der Waals surface area (Å²) >= 11 is 0. The summed E-state index contributed by atoms with van der Waals surface area (Å²) < 4.78 is 24.6. The van der Waals surface area contributed by atoms with E-state index in [1.807, 2.05) is 0 Å². The van der Waals surface area contributed by atoms with Crippen LogP contribution in [0.25, 0.3) is 0 Å². The minimum absolute atomic E-state index is 0.0164. The number of carbonyl (C=O) groups is 1. The van der Waals surface area contributed by atoms with E-state index in [-0.39, 0.29) is 29.4 Å². The lowest BCUT2D eigenvalue weighted by molar-refractivity contribution is -0.121. The summed E-state index contributed by atoms with van der Waals surface area (Å²) in [5, 5.41) is 2.88. The molecule has 3 rings (SSSR count). The molecule has 3 fully saturated rings. The normalized spacial score (nSPS) is 27.4. The summed E-state index contributed by atoms with van der Waals surface area (Å²) in [4.78, 5) is 14.8. The first kappa shape index (κ1) is 19.2. The van der Waals surface area contributed by atoms with E-state index in [2.05, 4.69) is 10.2 Å². The Kier molecular flexibility index (Phi) is 6.78. The van der Waals surface area contributed by atoms with E-state index >= 15 is 0 Å². The second-order valence-electron chi connectivity index (χ2n) is 8.22. The number of likely N-dealkylation sites (tertiary alicyclic amines) is 1. The molecule has 3 aliphatic rings. The van der Waals surface area contributed by atoms with Crippen LogP contribution in [0.2, 0.25) is 0 Å². The second kappa shape index (κ2) is 8.85. The molecule has 1 heterocycles. The van der Waals surface area contributed by atoms with Crippen LogP contribution < -0.4 is 5.32 Å². The van der Waals surface area contributed by atoms with E-state index in [9.17, 15) is 13.2 Å². The average Bonchev–Trinajstić information content (AvgIpc) is 3.21. The van der Waals surface area contributed by atoms with Gasteiger partial charge in [-0.05, 0) is 32.1 Å². The van der Waals surface area contributed by atoms with Crippen molar-refractivity contribution in [3.8, 4) is 0 Å². The fraction of sp³-hybridized carbons (Fsp3) is 0.947. The first-order chi connectivity index (χ1) is 12.0. The molecule has 1 unspecified atom stereocenters. The van der Waals surface area contributed by atoms with Crippen molar-refractivity contribution in [2.75, 3.05) is 18.8 Å². The Balaban J connectivity index is 1.39. The van der Waals surface area contributed by atoms with Gasteiger partial charge in [-0.3, -0.25) is 9.69 Å². The summed E-state index contributed by atoms with van der Waals surface area (Å²) in [6.07, 6.45) is 12.7. The van der Waals surface area contributed by atoms with E-state index in [0.29, 0.717) is 6.04 Å². The Bertz CT molecular complexity index is 535. The molecule has 0 aromatic heterocycles. The smallest absolute Gasteiger partial charge is 0.221 e. The van der Waals surface area contributed by atoms with Crippen molar-refractivity contribution in [3.05, 3.63) is 0 Å². The summed E-state index contributed by atoms with van der Waals surface area (Å²) in [6.45, 7) is 2.00. The maximum Gasteiger partial charge on any atom is 0.221 e. The highest BCUT2D eigenvalue weighted by Crippen LogP contribution is 2.26. The van der Waals surface area contributed by atoms with Gasteiger partial charge in [0.15, 0.2) is 9.84 Å². The molecule has 1 amide bonds.